The molecule has 0 saturated carbocycles. The third-order valence-corrected chi connectivity index (χ3v) is 2.23. The first-order valence-corrected chi connectivity index (χ1v) is 4.73. The molecule has 0 fully saturated rings. The van der Waals surface area contributed by atoms with E-state index >= 15 is 0 Å². The van der Waals surface area contributed by atoms with E-state index in [-0.39, 0.29) is 0 Å². The molecule has 0 bridgehead atoms. The van der Waals surface area contributed by atoms with Crippen molar-refractivity contribution in [1.82, 2.24) is 0 Å². The monoisotopic (exact) mass is 234 g/mol. The number of aliphatic hydroxyl groups excluding tert-OH is 1. The quantitative estimate of drug-likeness (QED) is 0.870. The van der Waals surface area contributed by atoms with E-state index in [4.69, 9.17) is 9.84 Å². The predicted octanol–water partition coefficient (Wildman–Crippen LogP) is 2.47. The van der Waals surface area contributed by atoms with E-state index in [0.29, 0.717) is 11.3 Å². The number of benzene rings is 1. The third kappa shape index (κ3) is 3.13. The molecule has 0 saturated heterocycles. The molecule has 0 spiro atoms. The van der Waals surface area contributed by atoms with Crippen molar-refractivity contribution in [2.45, 2.75) is 25.6 Å². The SMILES string of the molecule is COc1ccc(C)cc1C[C@H](O)C(F)(F)F. The highest BCUT2D eigenvalue weighted by Gasteiger charge is 2.38. The van der Waals surface area contributed by atoms with Crippen LogP contribution < -0.4 is 4.74 Å². The fourth-order valence-electron chi connectivity index (χ4n) is 1.39. The standard InChI is InChI=1S/C11H13F3O2/c1-7-3-4-9(16-2)8(5-7)6-10(15)11(12,13)14/h3-5,10,15H,6H2,1-2H3/t10-/m0/s1. The summed E-state index contributed by atoms with van der Waals surface area (Å²) in [6, 6.07) is 4.91. The van der Waals surface area contributed by atoms with E-state index in [2.05, 4.69) is 0 Å². The second-order valence-corrected chi connectivity index (χ2v) is 3.58. The first-order valence-electron chi connectivity index (χ1n) is 4.73. The minimum atomic E-state index is -4.60. The van der Waals surface area contributed by atoms with Gasteiger partial charge in [0.1, 0.15) is 5.75 Å². The second-order valence-electron chi connectivity index (χ2n) is 3.58. The van der Waals surface area contributed by atoms with Crippen molar-refractivity contribution in [2.24, 2.45) is 0 Å². The lowest BCUT2D eigenvalue weighted by molar-refractivity contribution is -0.203. The lowest BCUT2D eigenvalue weighted by Gasteiger charge is -2.16. The Balaban J connectivity index is 2.91. The summed E-state index contributed by atoms with van der Waals surface area (Å²) in [6.45, 7) is 1.77. The first-order chi connectivity index (χ1) is 7.34. The number of ether oxygens (including phenoxy) is 1. The van der Waals surface area contributed by atoms with E-state index in [1.54, 1.807) is 25.1 Å². The zero-order valence-corrected chi connectivity index (χ0v) is 9.01. The van der Waals surface area contributed by atoms with Crippen LogP contribution >= 0.6 is 0 Å². The first kappa shape index (κ1) is 12.8. The molecule has 1 rings (SSSR count). The number of rotatable bonds is 3. The molecule has 1 aromatic carbocycles. The fourth-order valence-corrected chi connectivity index (χ4v) is 1.39. The van der Waals surface area contributed by atoms with Crippen LogP contribution in [0.15, 0.2) is 18.2 Å². The molecule has 0 amide bonds. The summed E-state index contributed by atoms with van der Waals surface area (Å²) in [6.07, 6.45) is -7.45. The summed E-state index contributed by atoms with van der Waals surface area (Å²) >= 11 is 0. The van der Waals surface area contributed by atoms with Gasteiger partial charge in [0.05, 0.1) is 7.11 Å². The number of halogens is 3. The van der Waals surface area contributed by atoms with Crippen LogP contribution in [-0.4, -0.2) is 24.5 Å². The van der Waals surface area contributed by atoms with Crippen LogP contribution in [0.4, 0.5) is 13.2 Å². The molecule has 2 nitrogen and oxygen atoms in total. The summed E-state index contributed by atoms with van der Waals surface area (Å²) in [4.78, 5) is 0. The number of methoxy groups -OCH3 is 1. The number of hydrogen-bond acceptors (Lipinski definition) is 2. The van der Waals surface area contributed by atoms with Crippen molar-refractivity contribution in [3.63, 3.8) is 0 Å². The van der Waals surface area contributed by atoms with Crippen LogP contribution in [-0.2, 0) is 6.42 Å². The van der Waals surface area contributed by atoms with Crippen LogP contribution in [0.5, 0.6) is 5.75 Å². The van der Waals surface area contributed by atoms with Gasteiger partial charge in [-0.3, -0.25) is 0 Å². The molecule has 1 atom stereocenters. The Hall–Kier alpha value is -1.23. The van der Waals surface area contributed by atoms with Gasteiger partial charge < -0.3 is 9.84 Å². The smallest absolute Gasteiger partial charge is 0.414 e. The van der Waals surface area contributed by atoms with E-state index < -0.39 is 18.7 Å². The molecular weight excluding hydrogens is 221 g/mol. The number of alkyl halides is 3. The highest BCUT2D eigenvalue weighted by molar-refractivity contribution is 5.37. The molecule has 0 aliphatic heterocycles. The lowest BCUT2D eigenvalue weighted by Crippen LogP contribution is -2.30. The summed E-state index contributed by atoms with van der Waals surface area (Å²) in [7, 11) is 1.38. The van der Waals surface area contributed by atoms with E-state index in [9.17, 15) is 13.2 Å². The second kappa shape index (κ2) is 4.74. The Labute approximate surface area is 91.7 Å². The number of aryl methyl sites for hydroxylation is 1. The average Bonchev–Trinajstić information content (AvgIpc) is 2.16. The van der Waals surface area contributed by atoms with Crippen molar-refractivity contribution in [3.8, 4) is 5.75 Å². The van der Waals surface area contributed by atoms with Gasteiger partial charge in [0.25, 0.3) is 0 Å². The summed E-state index contributed by atoms with van der Waals surface area (Å²) < 4.78 is 41.5. The minimum absolute atomic E-state index is 0.354. The van der Waals surface area contributed by atoms with Crippen molar-refractivity contribution >= 4 is 0 Å². The predicted molar refractivity (Wildman–Crippen MR) is 53.5 cm³/mol. The van der Waals surface area contributed by atoms with Crippen LogP contribution in [0.1, 0.15) is 11.1 Å². The molecule has 5 heteroatoms. The van der Waals surface area contributed by atoms with Crippen LogP contribution in [0.25, 0.3) is 0 Å². The largest absolute Gasteiger partial charge is 0.496 e. The Morgan fingerprint density at radius 1 is 1.38 bits per heavy atom. The molecule has 0 radical (unpaired) electrons. The fraction of sp³-hybridized carbons (Fsp3) is 0.455. The maximum absolute atomic E-state index is 12.2. The number of hydrogen-bond donors (Lipinski definition) is 1. The molecule has 0 aromatic heterocycles. The molecule has 1 N–H and O–H groups in total. The maximum atomic E-state index is 12.2. The Morgan fingerprint density at radius 3 is 2.50 bits per heavy atom. The Bertz CT molecular complexity index is 361. The topological polar surface area (TPSA) is 29.5 Å². The van der Waals surface area contributed by atoms with E-state index in [1.165, 1.54) is 7.11 Å². The highest BCUT2D eigenvalue weighted by atomic mass is 19.4. The van der Waals surface area contributed by atoms with Gasteiger partial charge in [-0.05, 0) is 18.6 Å². The molecule has 1 aromatic rings. The molecule has 0 heterocycles. The van der Waals surface area contributed by atoms with Gasteiger partial charge in [-0.15, -0.1) is 0 Å². The highest BCUT2D eigenvalue weighted by Crippen LogP contribution is 2.27. The van der Waals surface area contributed by atoms with Gasteiger partial charge in [-0.1, -0.05) is 17.7 Å². The van der Waals surface area contributed by atoms with Crippen LogP contribution in [0, 0.1) is 6.92 Å². The zero-order chi connectivity index (χ0) is 12.3. The van der Waals surface area contributed by atoms with Crippen LogP contribution in [0.2, 0.25) is 0 Å². The molecule has 0 aliphatic rings. The molecule has 90 valence electrons. The zero-order valence-electron chi connectivity index (χ0n) is 9.01. The van der Waals surface area contributed by atoms with E-state index in [0.717, 1.165) is 5.56 Å². The molecular formula is C11H13F3O2. The van der Waals surface area contributed by atoms with Crippen molar-refractivity contribution in [2.75, 3.05) is 7.11 Å². The van der Waals surface area contributed by atoms with Gasteiger partial charge >= 0.3 is 6.18 Å². The Kier molecular flexibility index (Phi) is 3.80. The minimum Gasteiger partial charge on any atom is -0.496 e. The van der Waals surface area contributed by atoms with Crippen molar-refractivity contribution in [1.29, 1.82) is 0 Å². The molecule has 0 aliphatic carbocycles. The number of aliphatic hydroxyl groups is 1. The van der Waals surface area contributed by atoms with Crippen LogP contribution in [0.3, 0.4) is 0 Å². The summed E-state index contributed by atoms with van der Waals surface area (Å²) in [5.41, 5.74) is 1.18. The Morgan fingerprint density at radius 2 is 2.00 bits per heavy atom. The van der Waals surface area contributed by atoms with Crippen molar-refractivity contribution < 1.29 is 23.0 Å². The normalized spacial score (nSPS) is 13.6. The van der Waals surface area contributed by atoms with Gasteiger partial charge in [-0.25, -0.2) is 0 Å². The molecule has 0 unspecified atom stereocenters. The summed E-state index contributed by atoms with van der Waals surface area (Å²) in [5.74, 6) is 0.355. The molecule has 16 heavy (non-hydrogen) atoms. The van der Waals surface area contributed by atoms with E-state index in [1.807, 2.05) is 0 Å². The van der Waals surface area contributed by atoms with Gasteiger partial charge in [-0.2, -0.15) is 13.2 Å². The third-order valence-electron chi connectivity index (χ3n) is 2.23. The summed E-state index contributed by atoms with van der Waals surface area (Å²) in [5, 5.41) is 8.97. The maximum Gasteiger partial charge on any atom is 0.414 e. The lowest BCUT2D eigenvalue weighted by atomic mass is 10.0. The average molecular weight is 234 g/mol. The van der Waals surface area contributed by atoms with Gasteiger partial charge in [0.2, 0.25) is 0 Å². The van der Waals surface area contributed by atoms with Crippen molar-refractivity contribution in [3.05, 3.63) is 29.3 Å². The van der Waals surface area contributed by atoms with Gasteiger partial charge in [0, 0.05) is 6.42 Å². The van der Waals surface area contributed by atoms with Gasteiger partial charge in [0.15, 0.2) is 6.10 Å².